The summed E-state index contributed by atoms with van der Waals surface area (Å²) in [5.41, 5.74) is 0.964. The molecule has 2 fully saturated rings. The van der Waals surface area contributed by atoms with Gasteiger partial charge in [-0.2, -0.15) is 0 Å². The van der Waals surface area contributed by atoms with Crippen LogP contribution in [0.2, 0.25) is 0 Å². The maximum absolute atomic E-state index is 13.6. The van der Waals surface area contributed by atoms with Crippen molar-refractivity contribution in [2.24, 2.45) is 5.92 Å². The van der Waals surface area contributed by atoms with Crippen LogP contribution in [-0.4, -0.2) is 72.6 Å². The number of halogens is 1. The van der Waals surface area contributed by atoms with Gasteiger partial charge in [-0.15, -0.1) is 0 Å². The highest BCUT2D eigenvalue weighted by Gasteiger charge is 2.46. The Kier molecular flexibility index (Phi) is 7.83. The number of Topliss-reactive ketones (excluding diaryl/α,β-unsaturated/α-hetero) is 1. The van der Waals surface area contributed by atoms with Crippen LogP contribution in [0.3, 0.4) is 0 Å². The second-order valence-electron chi connectivity index (χ2n) is 9.23. The lowest BCUT2D eigenvalue weighted by atomic mass is 9.95. The van der Waals surface area contributed by atoms with Crippen LogP contribution in [0.4, 0.5) is 4.39 Å². The zero-order valence-electron chi connectivity index (χ0n) is 20.1. The number of morpholine rings is 1. The number of likely N-dealkylation sites (tertiary alicyclic amines) is 1. The van der Waals surface area contributed by atoms with E-state index in [-0.39, 0.29) is 11.3 Å². The van der Waals surface area contributed by atoms with Gasteiger partial charge in [0.2, 0.25) is 0 Å². The molecule has 0 bridgehead atoms. The van der Waals surface area contributed by atoms with Gasteiger partial charge < -0.3 is 19.5 Å². The number of carbonyl (C=O) groups excluding carboxylic acids is 2. The first kappa shape index (κ1) is 24.9. The monoisotopic (exact) mass is 482 g/mol. The van der Waals surface area contributed by atoms with Crippen molar-refractivity contribution in [1.82, 2.24) is 9.80 Å². The van der Waals surface area contributed by atoms with Gasteiger partial charge in [-0.1, -0.05) is 26.0 Å². The minimum atomic E-state index is -0.812. The highest BCUT2D eigenvalue weighted by molar-refractivity contribution is 6.46. The van der Waals surface area contributed by atoms with E-state index in [9.17, 15) is 19.1 Å². The lowest BCUT2D eigenvalue weighted by Gasteiger charge is -2.31. The van der Waals surface area contributed by atoms with Crippen LogP contribution in [-0.2, 0) is 14.3 Å². The smallest absolute Gasteiger partial charge is 0.295 e. The SMILES string of the molecule is CC(C)COc1ccc(/C(O)=C2\C(=O)C(=O)N(CCN3CCOCC3)C2c2ccc(F)cc2)cc1. The molecule has 0 spiro atoms. The van der Waals surface area contributed by atoms with Gasteiger partial charge in [0.15, 0.2) is 0 Å². The molecule has 1 amide bonds. The van der Waals surface area contributed by atoms with Gasteiger partial charge in [0, 0.05) is 31.7 Å². The predicted molar refractivity (Wildman–Crippen MR) is 129 cm³/mol. The second kappa shape index (κ2) is 11.0. The molecule has 4 rings (SSSR count). The number of hydrogen-bond acceptors (Lipinski definition) is 6. The van der Waals surface area contributed by atoms with E-state index in [0.717, 1.165) is 13.1 Å². The van der Waals surface area contributed by atoms with Gasteiger partial charge in [-0.05, 0) is 47.9 Å². The summed E-state index contributed by atoms with van der Waals surface area (Å²) >= 11 is 0. The summed E-state index contributed by atoms with van der Waals surface area (Å²) in [7, 11) is 0. The Bertz CT molecular complexity index is 1080. The third kappa shape index (κ3) is 5.71. The van der Waals surface area contributed by atoms with E-state index in [1.54, 1.807) is 36.4 Å². The third-order valence-electron chi connectivity index (χ3n) is 6.20. The maximum Gasteiger partial charge on any atom is 0.295 e. The van der Waals surface area contributed by atoms with Crippen molar-refractivity contribution in [2.45, 2.75) is 19.9 Å². The van der Waals surface area contributed by atoms with Crippen molar-refractivity contribution in [3.8, 4) is 5.75 Å². The van der Waals surface area contributed by atoms with Crippen molar-refractivity contribution >= 4 is 17.4 Å². The Labute approximate surface area is 204 Å². The van der Waals surface area contributed by atoms with Crippen LogP contribution < -0.4 is 4.74 Å². The molecule has 186 valence electrons. The lowest BCUT2D eigenvalue weighted by Crippen LogP contribution is -2.42. The van der Waals surface area contributed by atoms with Crippen LogP contribution >= 0.6 is 0 Å². The average molecular weight is 483 g/mol. The molecule has 1 atom stereocenters. The molecule has 8 heteroatoms. The number of rotatable bonds is 8. The van der Waals surface area contributed by atoms with E-state index in [1.165, 1.54) is 17.0 Å². The Morgan fingerprint density at radius 2 is 1.71 bits per heavy atom. The lowest BCUT2D eigenvalue weighted by molar-refractivity contribution is -0.140. The summed E-state index contributed by atoms with van der Waals surface area (Å²) in [6, 6.07) is 11.6. The Morgan fingerprint density at radius 1 is 1.06 bits per heavy atom. The molecule has 2 saturated heterocycles. The summed E-state index contributed by atoms with van der Waals surface area (Å²) in [6.45, 7) is 8.26. The molecule has 2 aliphatic heterocycles. The Hall–Kier alpha value is -3.23. The van der Waals surface area contributed by atoms with Gasteiger partial charge in [0.25, 0.3) is 11.7 Å². The van der Waals surface area contributed by atoms with Crippen LogP contribution in [0.5, 0.6) is 5.75 Å². The van der Waals surface area contributed by atoms with Crippen LogP contribution in [0, 0.1) is 11.7 Å². The summed E-state index contributed by atoms with van der Waals surface area (Å²) in [6.07, 6.45) is 0. The van der Waals surface area contributed by atoms with Crippen LogP contribution in [0.15, 0.2) is 54.1 Å². The van der Waals surface area contributed by atoms with Gasteiger partial charge >= 0.3 is 0 Å². The standard InChI is InChI=1S/C27H31FN2O5/c1-18(2)17-35-22-9-5-20(6-10-22)25(31)23-24(19-3-7-21(28)8-4-19)30(27(33)26(23)32)12-11-29-13-15-34-16-14-29/h3-10,18,24,31H,11-17H2,1-2H3/b25-23+. The van der Waals surface area contributed by atoms with Crippen molar-refractivity contribution in [2.75, 3.05) is 46.0 Å². The molecule has 0 aromatic heterocycles. The number of ketones is 1. The molecular weight excluding hydrogens is 451 g/mol. The zero-order chi connectivity index (χ0) is 24.9. The Morgan fingerprint density at radius 3 is 2.34 bits per heavy atom. The fraction of sp³-hybridized carbons (Fsp3) is 0.407. The van der Waals surface area contributed by atoms with E-state index in [2.05, 4.69) is 4.90 Å². The number of aliphatic hydroxyl groups is 1. The number of amides is 1. The molecule has 2 heterocycles. The van der Waals surface area contributed by atoms with E-state index >= 15 is 0 Å². The van der Waals surface area contributed by atoms with Crippen LogP contribution in [0.25, 0.3) is 5.76 Å². The van der Waals surface area contributed by atoms with Gasteiger partial charge in [-0.25, -0.2) is 4.39 Å². The first-order valence-electron chi connectivity index (χ1n) is 11.9. The van der Waals surface area contributed by atoms with Gasteiger partial charge in [0.05, 0.1) is 31.4 Å². The molecule has 1 unspecified atom stereocenters. The molecule has 2 aliphatic rings. The summed E-state index contributed by atoms with van der Waals surface area (Å²) < 4.78 is 24.7. The third-order valence-corrected chi connectivity index (χ3v) is 6.20. The van der Waals surface area contributed by atoms with Crippen molar-refractivity contribution in [3.05, 3.63) is 71.0 Å². The van der Waals surface area contributed by atoms with Crippen LogP contribution in [0.1, 0.15) is 31.0 Å². The normalized spacial score (nSPS) is 20.6. The number of nitrogens with zero attached hydrogens (tertiary/aromatic N) is 2. The van der Waals surface area contributed by atoms with Crippen molar-refractivity contribution in [1.29, 1.82) is 0 Å². The number of aliphatic hydroxyl groups excluding tert-OH is 1. The molecule has 0 aliphatic carbocycles. The van der Waals surface area contributed by atoms with E-state index in [1.807, 2.05) is 13.8 Å². The maximum atomic E-state index is 13.6. The van der Waals surface area contributed by atoms with E-state index in [0.29, 0.717) is 55.7 Å². The number of carbonyl (C=O) groups is 2. The number of ether oxygens (including phenoxy) is 2. The molecule has 2 aromatic carbocycles. The van der Waals surface area contributed by atoms with Gasteiger partial charge in [-0.3, -0.25) is 14.5 Å². The quantitative estimate of drug-likeness (QED) is 0.352. The van der Waals surface area contributed by atoms with Crippen molar-refractivity contribution < 1.29 is 28.6 Å². The molecule has 0 saturated carbocycles. The summed E-state index contributed by atoms with van der Waals surface area (Å²) in [5, 5.41) is 11.2. The summed E-state index contributed by atoms with van der Waals surface area (Å²) in [5.74, 6) is -1.09. The topological polar surface area (TPSA) is 79.3 Å². The molecule has 1 N–H and O–H groups in total. The molecule has 7 nitrogen and oxygen atoms in total. The first-order valence-corrected chi connectivity index (χ1v) is 11.9. The Balaban J connectivity index is 1.66. The molecule has 0 radical (unpaired) electrons. The first-order chi connectivity index (χ1) is 16.8. The zero-order valence-corrected chi connectivity index (χ0v) is 20.1. The molecular formula is C27H31FN2O5. The van der Waals surface area contributed by atoms with E-state index < -0.39 is 23.5 Å². The minimum Gasteiger partial charge on any atom is -0.507 e. The number of benzene rings is 2. The van der Waals surface area contributed by atoms with E-state index in [4.69, 9.17) is 9.47 Å². The fourth-order valence-corrected chi connectivity index (χ4v) is 4.30. The minimum absolute atomic E-state index is 0.000524. The number of hydrogen-bond donors (Lipinski definition) is 1. The molecule has 2 aromatic rings. The van der Waals surface area contributed by atoms with Crippen molar-refractivity contribution in [3.63, 3.8) is 0 Å². The van der Waals surface area contributed by atoms with Gasteiger partial charge in [0.1, 0.15) is 17.3 Å². The highest BCUT2D eigenvalue weighted by atomic mass is 19.1. The molecule has 35 heavy (non-hydrogen) atoms. The largest absolute Gasteiger partial charge is 0.507 e. The summed E-state index contributed by atoms with van der Waals surface area (Å²) in [4.78, 5) is 29.8. The highest BCUT2D eigenvalue weighted by Crippen LogP contribution is 2.39. The average Bonchev–Trinajstić information content (AvgIpc) is 3.12. The predicted octanol–water partition coefficient (Wildman–Crippen LogP) is 3.61. The fourth-order valence-electron chi connectivity index (χ4n) is 4.30. The second-order valence-corrected chi connectivity index (χ2v) is 9.23.